The van der Waals surface area contributed by atoms with Gasteiger partial charge in [0.25, 0.3) is 5.91 Å². The second-order valence-corrected chi connectivity index (χ2v) is 7.38. The molecule has 0 fully saturated rings. The number of hydrogen-bond acceptors (Lipinski definition) is 5. The highest BCUT2D eigenvalue weighted by Gasteiger charge is 2.30. The second kappa shape index (κ2) is 6.55. The number of nitrogens with two attached hydrogens (primary N) is 1. The van der Waals surface area contributed by atoms with Crippen LogP contribution in [0.25, 0.3) is 11.3 Å². The summed E-state index contributed by atoms with van der Waals surface area (Å²) in [5, 5.41) is 13.8. The first kappa shape index (κ1) is 17.3. The smallest absolute Gasteiger partial charge is 0.307 e. The van der Waals surface area contributed by atoms with Crippen LogP contribution in [0.4, 0.5) is 0 Å². The third kappa shape index (κ3) is 3.08. The SMILES string of the molecule is Cn1ncc2c1-c1c(Oc3ccc(CC(=O)O)cc3)sc(C(N)=O)c1CC2. The van der Waals surface area contributed by atoms with Gasteiger partial charge in [-0.05, 0) is 41.7 Å². The minimum absolute atomic E-state index is 0.0428. The topological polar surface area (TPSA) is 107 Å². The number of ether oxygens (including phenoxy) is 1. The van der Waals surface area contributed by atoms with Gasteiger partial charge in [0.15, 0.2) is 5.06 Å². The average molecular weight is 383 g/mol. The summed E-state index contributed by atoms with van der Waals surface area (Å²) in [4.78, 5) is 23.2. The number of amides is 1. The van der Waals surface area contributed by atoms with Crippen LogP contribution in [0.15, 0.2) is 30.5 Å². The first-order chi connectivity index (χ1) is 12.9. The van der Waals surface area contributed by atoms with Gasteiger partial charge in [-0.15, -0.1) is 0 Å². The largest absolute Gasteiger partial charge is 0.481 e. The number of carboxylic acid groups (broad SMARTS) is 1. The predicted octanol–water partition coefficient (Wildman–Crippen LogP) is 2.77. The van der Waals surface area contributed by atoms with Gasteiger partial charge in [-0.1, -0.05) is 23.5 Å². The van der Waals surface area contributed by atoms with E-state index < -0.39 is 11.9 Å². The summed E-state index contributed by atoms with van der Waals surface area (Å²) < 4.78 is 7.86. The Kier molecular flexibility index (Phi) is 4.19. The number of primary amides is 1. The van der Waals surface area contributed by atoms with Gasteiger partial charge in [0.05, 0.1) is 28.8 Å². The molecule has 27 heavy (non-hydrogen) atoms. The first-order valence-corrected chi connectivity index (χ1v) is 9.21. The molecule has 138 valence electrons. The van der Waals surface area contributed by atoms with Crippen molar-refractivity contribution in [1.29, 1.82) is 0 Å². The van der Waals surface area contributed by atoms with Gasteiger partial charge in [-0.3, -0.25) is 14.3 Å². The van der Waals surface area contributed by atoms with Gasteiger partial charge in [0, 0.05) is 7.05 Å². The van der Waals surface area contributed by atoms with Crippen molar-refractivity contribution in [3.8, 4) is 22.1 Å². The number of aliphatic carboxylic acids is 1. The molecule has 2 heterocycles. The number of aryl methyl sites for hydroxylation is 2. The van der Waals surface area contributed by atoms with E-state index in [1.54, 1.807) is 28.9 Å². The van der Waals surface area contributed by atoms with Crippen LogP contribution in [-0.2, 0) is 31.1 Å². The number of carbonyl (C=O) groups excluding carboxylic acids is 1. The third-order valence-corrected chi connectivity index (χ3v) is 5.71. The van der Waals surface area contributed by atoms with Crippen molar-refractivity contribution in [3.05, 3.63) is 52.0 Å². The summed E-state index contributed by atoms with van der Waals surface area (Å²) in [6, 6.07) is 6.88. The molecule has 0 aliphatic heterocycles. The Morgan fingerprint density at radius 2 is 2.04 bits per heavy atom. The van der Waals surface area contributed by atoms with E-state index in [4.69, 9.17) is 15.6 Å². The number of rotatable bonds is 5. The van der Waals surface area contributed by atoms with Crippen molar-refractivity contribution in [2.45, 2.75) is 19.3 Å². The van der Waals surface area contributed by atoms with Crippen LogP contribution in [-0.4, -0.2) is 26.8 Å². The second-order valence-electron chi connectivity index (χ2n) is 6.39. The van der Waals surface area contributed by atoms with Crippen molar-refractivity contribution in [2.75, 3.05) is 0 Å². The Morgan fingerprint density at radius 3 is 2.70 bits per heavy atom. The zero-order chi connectivity index (χ0) is 19.1. The lowest BCUT2D eigenvalue weighted by Gasteiger charge is -2.16. The van der Waals surface area contributed by atoms with E-state index in [0.717, 1.165) is 28.8 Å². The summed E-state index contributed by atoms with van der Waals surface area (Å²) in [5.74, 6) is -0.780. The standard InChI is InChI=1S/C19H17N3O4S/c1-22-16-11(9-21-22)4-7-13-15(16)19(27-17(13)18(20)25)26-12-5-2-10(3-6-12)8-14(23)24/h2-3,5-6,9H,4,7-8H2,1H3,(H2,20,25)(H,23,24). The van der Waals surface area contributed by atoms with E-state index in [1.807, 2.05) is 13.2 Å². The van der Waals surface area contributed by atoms with Crippen molar-refractivity contribution >= 4 is 23.2 Å². The molecule has 7 nitrogen and oxygen atoms in total. The molecule has 2 aromatic heterocycles. The van der Waals surface area contributed by atoms with Crippen LogP contribution in [0.1, 0.15) is 26.4 Å². The molecule has 0 saturated carbocycles. The molecule has 3 aromatic rings. The summed E-state index contributed by atoms with van der Waals surface area (Å²) in [7, 11) is 1.86. The van der Waals surface area contributed by atoms with Gasteiger partial charge in [-0.2, -0.15) is 5.10 Å². The maximum Gasteiger partial charge on any atom is 0.307 e. The third-order valence-electron chi connectivity index (χ3n) is 4.58. The minimum atomic E-state index is -0.883. The zero-order valence-electron chi connectivity index (χ0n) is 14.6. The number of aromatic nitrogens is 2. The number of nitrogens with zero attached hydrogens (tertiary/aromatic N) is 2. The fraction of sp³-hybridized carbons (Fsp3) is 0.211. The van der Waals surface area contributed by atoms with E-state index in [0.29, 0.717) is 27.7 Å². The molecule has 1 aliphatic carbocycles. The summed E-state index contributed by atoms with van der Waals surface area (Å²) in [6.07, 6.45) is 3.31. The number of thiophene rings is 1. The van der Waals surface area contributed by atoms with Crippen molar-refractivity contribution in [1.82, 2.24) is 9.78 Å². The van der Waals surface area contributed by atoms with Crippen LogP contribution in [0.2, 0.25) is 0 Å². The van der Waals surface area contributed by atoms with Gasteiger partial charge >= 0.3 is 5.97 Å². The van der Waals surface area contributed by atoms with E-state index in [1.165, 1.54) is 11.3 Å². The van der Waals surface area contributed by atoms with Crippen LogP contribution in [0, 0.1) is 0 Å². The van der Waals surface area contributed by atoms with E-state index >= 15 is 0 Å². The molecule has 1 aromatic carbocycles. The van der Waals surface area contributed by atoms with Crippen molar-refractivity contribution in [2.24, 2.45) is 12.8 Å². The van der Waals surface area contributed by atoms with Crippen molar-refractivity contribution in [3.63, 3.8) is 0 Å². The predicted molar refractivity (Wildman–Crippen MR) is 100 cm³/mol. The Hall–Kier alpha value is -3.13. The highest BCUT2D eigenvalue weighted by atomic mass is 32.1. The molecule has 0 unspecified atom stereocenters. The molecule has 1 amide bonds. The molecular weight excluding hydrogens is 366 g/mol. The van der Waals surface area contributed by atoms with Crippen LogP contribution >= 0.6 is 11.3 Å². The van der Waals surface area contributed by atoms with Gasteiger partial charge < -0.3 is 15.6 Å². The van der Waals surface area contributed by atoms with Gasteiger partial charge in [0.2, 0.25) is 0 Å². The lowest BCUT2D eigenvalue weighted by molar-refractivity contribution is -0.136. The van der Waals surface area contributed by atoms with E-state index in [2.05, 4.69) is 5.10 Å². The fourth-order valence-corrected chi connectivity index (χ4v) is 4.47. The lowest BCUT2D eigenvalue weighted by Crippen LogP contribution is -2.13. The summed E-state index contributed by atoms with van der Waals surface area (Å²) in [6.45, 7) is 0. The molecule has 8 heteroatoms. The van der Waals surface area contributed by atoms with E-state index in [-0.39, 0.29) is 6.42 Å². The minimum Gasteiger partial charge on any atom is -0.481 e. The van der Waals surface area contributed by atoms with Crippen molar-refractivity contribution < 1.29 is 19.4 Å². The highest BCUT2D eigenvalue weighted by molar-refractivity contribution is 7.16. The van der Waals surface area contributed by atoms with Crippen LogP contribution in [0.5, 0.6) is 10.8 Å². The highest BCUT2D eigenvalue weighted by Crippen LogP contribution is 2.48. The van der Waals surface area contributed by atoms with Crippen LogP contribution < -0.4 is 10.5 Å². The number of fused-ring (bicyclic) bond motifs is 3. The molecular formula is C19H17N3O4S. The molecule has 4 rings (SSSR count). The summed E-state index contributed by atoms with van der Waals surface area (Å²) >= 11 is 1.24. The quantitative estimate of drug-likeness (QED) is 0.704. The molecule has 0 saturated heterocycles. The Bertz CT molecular complexity index is 1050. The fourth-order valence-electron chi connectivity index (χ4n) is 3.40. The van der Waals surface area contributed by atoms with Crippen LogP contribution in [0.3, 0.4) is 0 Å². The Morgan fingerprint density at radius 1 is 1.30 bits per heavy atom. The molecule has 0 radical (unpaired) electrons. The Labute approximate surface area is 159 Å². The monoisotopic (exact) mass is 383 g/mol. The molecule has 3 N–H and O–H groups in total. The average Bonchev–Trinajstić information content (AvgIpc) is 3.17. The van der Waals surface area contributed by atoms with Gasteiger partial charge in [0.1, 0.15) is 5.75 Å². The molecule has 0 bridgehead atoms. The maximum atomic E-state index is 11.9. The van der Waals surface area contributed by atoms with Gasteiger partial charge in [-0.25, -0.2) is 0 Å². The summed E-state index contributed by atoms with van der Waals surface area (Å²) in [5.41, 5.74) is 10.1. The normalized spacial score (nSPS) is 12.3. The maximum absolute atomic E-state index is 11.9. The first-order valence-electron chi connectivity index (χ1n) is 8.39. The van der Waals surface area contributed by atoms with E-state index in [9.17, 15) is 9.59 Å². The molecule has 0 spiro atoms. The number of benzene rings is 1. The number of hydrogen-bond donors (Lipinski definition) is 2. The number of carboxylic acids is 1. The molecule has 1 aliphatic rings. The lowest BCUT2D eigenvalue weighted by atomic mass is 9.91. The molecule has 0 atom stereocenters. The number of carbonyl (C=O) groups is 2. The zero-order valence-corrected chi connectivity index (χ0v) is 15.4. The Balaban J connectivity index is 1.75.